The van der Waals surface area contributed by atoms with Gasteiger partial charge in [0.2, 0.25) is 0 Å². The van der Waals surface area contributed by atoms with Gasteiger partial charge in [-0.15, -0.1) is 11.6 Å². The van der Waals surface area contributed by atoms with Gasteiger partial charge in [-0.1, -0.05) is 17.7 Å². The maximum atomic E-state index is 9.69. The van der Waals surface area contributed by atoms with Crippen molar-refractivity contribution in [3.05, 3.63) is 57.9 Å². The summed E-state index contributed by atoms with van der Waals surface area (Å²) in [6.45, 7) is 1.06. The second-order valence-corrected chi connectivity index (χ2v) is 8.67. The SMILES string of the molecule is N#Cc1cc2c(c(Cl)c1OCCCl)CCC=C2c1ccc2c(cnn2C2CCCCO2)n1. The van der Waals surface area contributed by atoms with Crippen molar-refractivity contribution in [1.82, 2.24) is 14.8 Å². The van der Waals surface area contributed by atoms with Gasteiger partial charge in [-0.05, 0) is 61.4 Å². The second kappa shape index (κ2) is 9.11. The number of nitriles is 1. The van der Waals surface area contributed by atoms with E-state index in [9.17, 15) is 5.26 Å². The molecular formula is C24H22Cl2N4O2. The van der Waals surface area contributed by atoms with E-state index in [0.717, 1.165) is 72.1 Å². The summed E-state index contributed by atoms with van der Waals surface area (Å²) < 4.78 is 13.5. The number of halogens is 2. The Balaban J connectivity index is 1.54. The van der Waals surface area contributed by atoms with Crippen LogP contribution in [0.1, 0.15) is 54.3 Å². The predicted octanol–water partition coefficient (Wildman–Crippen LogP) is 5.65. The molecule has 6 nitrogen and oxygen atoms in total. The van der Waals surface area contributed by atoms with E-state index in [0.29, 0.717) is 28.8 Å². The van der Waals surface area contributed by atoms with Crippen molar-refractivity contribution < 1.29 is 9.47 Å². The average molecular weight is 469 g/mol. The van der Waals surface area contributed by atoms with Gasteiger partial charge < -0.3 is 9.47 Å². The number of alkyl halides is 1. The summed E-state index contributed by atoms with van der Waals surface area (Å²) in [5, 5.41) is 14.7. The average Bonchev–Trinajstić information content (AvgIpc) is 3.27. The third-order valence-corrected chi connectivity index (χ3v) is 6.51. The Morgan fingerprint density at radius 2 is 2.22 bits per heavy atom. The molecule has 8 heteroatoms. The van der Waals surface area contributed by atoms with Crippen molar-refractivity contribution >= 4 is 39.8 Å². The maximum absolute atomic E-state index is 9.69. The molecule has 1 fully saturated rings. The molecule has 1 aliphatic heterocycles. The number of rotatable bonds is 5. The molecule has 32 heavy (non-hydrogen) atoms. The predicted molar refractivity (Wildman–Crippen MR) is 124 cm³/mol. The number of pyridine rings is 1. The molecule has 0 radical (unpaired) electrons. The number of hydrogen-bond acceptors (Lipinski definition) is 5. The highest BCUT2D eigenvalue weighted by molar-refractivity contribution is 6.33. The largest absolute Gasteiger partial charge is 0.489 e. The van der Waals surface area contributed by atoms with Gasteiger partial charge in [0.25, 0.3) is 0 Å². The Labute approximate surface area is 196 Å². The van der Waals surface area contributed by atoms with Crippen LogP contribution in [0.15, 0.2) is 30.5 Å². The van der Waals surface area contributed by atoms with Gasteiger partial charge in [-0.3, -0.25) is 0 Å². The first kappa shape index (κ1) is 21.3. The Kier molecular flexibility index (Phi) is 6.05. The first-order chi connectivity index (χ1) is 15.7. The van der Waals surface area contributed by atoms with E-state index in [1.807, 2.05) is 22.9 Å². The van der Waals surface area contributed by atoms with Crippen LogP contribution >= 0.6 is 23.2 Å². The summed E-state index contributed by atoms with van der Waals surface area (Å²) in [5.41, 5.74) is 5.87. The molecule has 0 bridgehead atoms. The third-order valence-electron chi connectivity index (χ3n) is 5.96. The van der Waals surface area contributed by atoms with Gasteiger partial charge in [0.15, 0.2) is 12.0 Å². The van der Waals surface area contributed by atoms with Crippen molar-refractivity contribution in [1.29, 1.82) is 5.26 Å². The highest BCUT2D eigenvalue weighted by Gasteiger charge is 2.24. The summed E-state index contributed by atoms with van der Waals surface area (Å²) in [4.78, 5) is 4.89. The molecule has 3 aromatic rings. The van der Waals surface area contributed by atoms with Crippen LogP contribution in [0, 0.1) is 11.3 Å². The minimum absolute atomic E-state index is 0.0353. The zero-order chi connectivity index (χ0) is 22.1. The van der Waals surface area contributed by atoms with Crippen LogP contribution in [-0.2, 0) is 11.2 Å². The van der Waals surface area contributed by atoms with Crippen LogP contribution in [0.2, 0.25) is 5.02 Å². The standard InChI is InChI=1S/C24H22Cl2N4O2/c25-9-11-32-24-15(13-27)12-18-16(4-3-5-17(18)23(24)26)19-7-8-21-20(29-19)14-28-30(21)22-6-1-2-10-31-22/h4,7-8,12,14,22H,1-3,5-6,9-11H2. The Hall–Kier alpha value is -2.59. The lowest BCUT2D eigenvalue weighted by molar-refractivity contribution is -0.0366. The molecule has 0 N–H and O–H groups in total. The van der Waals surface area contributed by atoms with Gasteiger partial charge in [0, 0.05) is 12.2 Å². The summed E-state index contributed by atoms with van der Waals surface area (Å²) in [6, 6.07) is 8.10. The number of benzene rings is 1. The quantitative estimate of drug-likeness (QED) is 0.452. The van der Waals surface area contributed by atoms with E-state index in [-0.39, 0.29) is 6.23 Å². The molecule has 3 heterocycles. The fraction of sp³-hybridized carbons (Fsp3) is 0.375. The van der Waals surface area contributed by atoms with Gasteiger partial charge in [0.1, 0.15) is 18.2 Å². The molecule has 0 saturated carbocycles. The maximum Gasteiger partial charge on any atom is 0.156 e. The highest BCUT2D eigenvalue weighted by Crippen LogP contribution is 2.42. The molecule has 164 valence electrons. The number of hydrogen-bond donors (Lipinski definition) is 0. The molecule has 1 atom stereocenters. The normalized spacial score (nSPS) is 18.2. The van der Waals surface area contributed by atoms with Crippen molar-refractivity contribution in [2.75, 3.05) is 19.1 Å². The molecule has 2 aromatic heterocycles. The molecular weight excluding hydrogens is 447 g/mol. The van der Waals surface area contributed by atoms with Crippen LogP contribution in [0.4, 0.5) is 0 Å². The lowest BCUT2D eigenvalue weighted by atomic mass is 9.87. The highest BCUT2D eigenvalue weighted by atomic mass is 35.5. The van der Waals surface area contributed by atoms with Crippen LogP contribution in [0.25, 0.3) is 16.6 Å². The Morgan fingerprint density at radius 3 is 3.00 bits per heavy atom. The van der Waals surface area contributed by atoms with Crippen LogP contribution in [-0.4, -0.2) is 33.9 Å². The van der Waals surface area contributed by atoms with Crippen molar-refractivity contribution in [2.45, 2.75) is 38.3 Å². The fourth-order valence-corrected chi connectivity index (χ4v) is 4.89. The van der Waals surface area contributed by atoms with E-state index < -0.39 is 0 Å². The van der Waals surface area contributed by atoms with Crippen LogP contribution in [0.5, 0.6) is 5.75 Å². The van der Waals surface area contributed by atoms with Gasteiger partial charge in [-0.2, -0.15) is 10.4 Å². The fourth-order valence-electron chi connectivity index (χ4n) is 4.46. The van der Waals surface area contributed by atoms with E-state index >= 15 is 0 Å². The first-order valence-corrected chi connectivity index (χ1v) is 11.7. The second-order valence-electron chi connectivity index (χ2n) is 7.91. The summed E-state index contributed by atoms with van der Waals surface area (Å²) in [6.07, 6.45) is 8.71. The van der Waals surface area contributed by atoms with E-state index in [4.69, 9.17) is 37.7 Å². The number of aromatic nitrogens is 3. The minimum atomic E-state index is -0.0353. The molecule has 5 rings (SSSR count). The lowest BCUT2D eigenvalue weighted by Crippen LogP contribution is -2.18. The Bertz CT molecular complexity index is 1240. The van der Waals surface area contributed by atoms with E-state index in [1.165, 1.54) is 0 Å². The van der Waals surface area contributed by atoms with Crippen molar-refractivity contribution in [3.63, 3.8) is 0 Å². The molecule has 0 spiro atoms. The van der Waals surface area contributed by atoms with Crippen molar-refractivity contribution in [3.8, 4) is 11.8 Å². The number of fused-ring (bicyclic) bond motifs is 2. The molecule has 1 unspecified atom stereocenters. The van der Waals surface area contributed by atoms with Crippen LogP contribution < -0.4 is 4.74 Å². The zero-order valence-corrected chi connectivity index (χ0v) is 19.0. The topological polar surface area (TPSA) is 73.0 Å². The Morgan fingerprint density at radius 1 is 1.31 bits per heavy atom. The minimum Gasteiger partial charge on any atom is -0.489 e. The summed E-state index contributed by atoms with van der Waals surface area (Å²) >= 11 is 12.5. The van der Waals surface area contributed by atoms with Gasteiger partial charge >= 0.3 is 0 Å². The molecule has 1 saturated heterocycles. The molecule has 0 amide bonds. The number of ether oxygens (including phenoxy) is 2. The number of nitrogens with zero attached hydrogens (tertiary/aromatic N) is 4. The van der Waals surface area contributed by atoms with Gasteiger partial charge in [0.05, 0.1) is 33.9 Å². The van der Waals surface area contributed by atoms with Gasteiger partial charge in [-0.25, -0.2) is 9.67 Å². The van der Waals surface area contributed by atoms with Crippen molar-refractivity contribution in [2.24, 2.45) is 0 Å². The van der Waals surface area contributed by atoms with E-state index in [2.05, 4.69) is 17.2 Å². The first-order valence-electron chi connectivity index (χ1n) is 10.8. The summed E-state index contributed by atoms with van der Waals surface area (Å²) in [5.74, 6) is 0.736. The molecule has 1 aliphatic carbocycles. The zero-order valence-electron chi connectivity index (χ0n) is 17.5. The van der Waals surface area contributed by atoms with Crippen LogP contribution in [0.3, 0.4) is 0 Å². The summed E-state index contributed by atoms with van der Waals surface area (Å²) in [7, 11) is 0. The third kappa shape index (κ3) is 3.75. The smallest absolute Gasteiger partial charge is 0.156 e. The van der Waals surface area contributed by atoms with E-state index in [1.54, 1.807) is 6.20 Å². The lowest BCUT2D eigenvalue weighted by Gasteiger charge is -2.23. The monoisotopic (exact) mass is 468 g/mol. The molecule has 2 aliphatic rings. The number of allylic oxidation sites excluding steroid dienone is 1. The molecule has 1 aromatic carbocycles.